The summed E-state index contributed by atoms with van der Waals surface area (Å²) in [6.07, 6.45) is 0. The fraction of sp³-hybridized carbons (Fsp3) is 0.286. The molecule has 1 saturated heterocycles. The summed E-state index contributed by atoms with van der Waals surface area (Å²) in [7, 11) is 3.40. The first-order valence-electron chi connectivity index (χ1n) is 9.32. The summed E-state index contributed by atoms with van der Waals surface area (Å²) in [6, 6.07) is 11.9. The van der Waals surface area contributed by atoms with Crippen LogP contribution in [0.3, 0.4) is 0 Å². The number of piperazine rings is 1. The number of fused-ring (bicyclic) bond motifs is 1. The van der Waals surface area contributed by atoms with Crippen molar-refractivity contribution in [3.8, 4) is 5.69 Å². The SMILES string of the molecule is COC(=O)c1ccc2c(=O)n(-c3ccc(Cl)cc3)c(N3CCN(C)CC3)nc2c1. The van der Waals surface area contributed by atoms with Crippen LogP contribution >= 0.6 is 11.6 Å². The quantitative estimate of drug-likeness (QED) is 0.616. The minimum atomic E-state index is -0.461. The maximum Gasteiger partial charge on any atom is 0.337 e. The Labute approximate surface area is 173 Å². The molecule has 0 spiro atoms. The number of hydrogen-bond donors (Lipinski definition) is 0. The second-order valence-electron chi connectivity index (χ2n) is 7.04. The predicted octanol–water partition coefficient (Wildman–Crippen LogP) is 2.58. The first kappa shape index (κ1) is 19.4. The molecular formula is C21H21ClN4O3. The molecule has 0 atom stereocenters. The van der Waals surface area contributed by atoms with E-state index in [9.17, 15) is 9.59 Å². The van der Waals surface area contributed by atoms with E-state index in [1.807, 2.05) is 0 Å². The Hall–Kier alpha value is -2.90. The van der Waals surface area contributed by atoms with Crippen molar-refractivity contribution in [2.24, 2.45) is 0 Å². The van der Waals surface area contributed by atoms with Gasteiger partial charge in [-0.2, -0.15) is 0 Å². The summed E-state index contributed by atoms with van der Waals surface area (Å²) < 4.78 is 6.41. The van der Waals surface area contributed by atoms with Crippen LogP contribution < -0.4 is 10.5 Å². The lowest BCUT2D eigenvalue weighted by Crippen LogP contribution is -2.46. The van der Waals surface area contributed by atoms with Gasteiger partial charge in [0.25, 0.3) is 5.56 Å². The van der Waals surface area contributed by atoms with Crippen LogP contribution in [0.25, 0.3) is 16.6 Å². The molecule has 7 nitrogen and oxygen atoms in total. The highest BCUT2D eigenvalue weighted by molar-refractivity contribution is 6.30. The van der Waals surface area contributed by atoms with E-state index >= 15 is 0 Å². The Bertz CT molecular complexity index is 1120. The van der Waals surface area contributed by atoms with Crippen molar-refractivity contribution < 1.29 is 9.53 Å². The normalized spacial score (nSPS) is 14.9. The molecule has 1 aromatic heterocycles. The van der Waals surface area contributed by atoms with Crippen LogP contribution in [0.5, 0.6) is 0 Å². The third-order valence-electron chi connectivity index (χ3n) is 5.14. The number of esters is 1. The minimum Gasteiger partial charge on any atom is -0.465 e. The number of anilines is 1. The van der Waals surface area contributed by atoms with Gasteiger partial charge in [-0.1, -0.05) is 11.6 Å². The van der Waals surface area contributed by atoms with Crippen LogP contribution in [0.4, 0.5) is 5.95 Å². The monoisotopic (exact) mass is 412 g/mol. The van der Waals surface area contributed by atoms with Crippen LogP contribution in [0, 0.1) is 0 Å². The second-order valence-corrected chi connectivity index (χ2v) is 7.48. The molecule has 3 aromatic rings. The van der Waals surface area contributed by atoms with Crippen LogP contribution in [0.2, 0.25) is 5.02 Å². The summed E-state index contributed by atoms with van der Waals surface area (Å²) >= 11 is 6.04. The average Bonchev–Trinajstić information content (AvgIpc) is 2.74. The Balaban J connectivity index is 1.94. The highest BCUT2D eigenvalue weighted by atomic mass is 35.5. The molecule has 2 aromatic carbocycles. The van der Waals surface area contributed by atoms with Crippen LogP contribution in [-0.2, 0) is 4.74 Å². The highest BCUT2D eigenvalue weighted by Gasteiger charge is 2.22. The van der Waals surface area contributed by atoms with Crippen molar-refractivity contribution in [3.63, 3.8) is 0 Å². The summed E-state index contributed by atoms with van der Waals surface area (Å²) in [5.74, 6) is 0.0941. The fourth-order valence-electron chi connectivity index (χ4n) is 3.46. The zero-order valence-electron chi connectivity index (χ0n) is 16.3. The third-order valence-corrected chi connectivity index (χ3v) is 5.40. The molecule has 0 N–H and O–H groups in total. The third kappa shape index (κ3) is 3.71. The molecule has 1 aliphatic heterocycles. The number of carbonyl (C=O) groups excluding carboxylic acids is 1. The average molecular weight is 413 g/mol. The van der Waals surface area contributed by atoms with E-state index in [0.717, 1.165) is 26.2 Å². The van der Waals surface area contributed by atoms with Gasteiger partial charge < -0.3 is 14.5 Å². The van der Waals surface area contributed by atoms with E-state index in [0.29, 0.717) is 33.1 Å². The lowest BCUT2D eigenvalue weighted by molar-refractivity contribution is 0.0601. The maximum absolute atomic E-state index is 13.4. The Morgan fingerprint density at radius 3 is 2.41 bits per heavy atom. The van der Waals surface area contributed by atoms with Crippen molar-refractivity contribution >= 4 is 34.4 Å². The molecule has 0 bridgehead atoms. The second kappa shape index (κ2) is 7.85. The molecule has 0 aliphatic carbocycles. The number of nitrogens with zero attached hydrogens (tertiary/aromatic N) is 4. The highest BCUT2D eigenvalue weighted by Crippen LogP contribution is 2.22. The predicted molar refractivity (Wildman–Crippen MR) is 113 cm³/mol. The number of aromatic nitrogens is 2. The Kier molecular flexibility index (Phi) is 5.25. The molecule has 29 heavy (non-hydrogen) atoms. The van der Waals surface area contributed by atoms with Gasteiger partial charge in [0.2, 0.25) is 5.95 Å². The van der Waals surface area contributed by atoms with Gasteiger partial charge in [0.05, 0.1) is 29.3 Å². The van der Waals surface area contributed by atoms with E-state index in [1.165, 1.54) is 7.11 Å². The summed E-state index contributed by atoms with van der Waals surface area (Å²) in [6.45, 7) is 3.24. The molecule has 1 aliphatic rings. The summed E-state index contributed by atoms with van der Waals surface area (Å²) in [4.78, 5) is 34.5. The molecule has 0 saturated carbocycles. The van der Waals surface area contributed by atoms with Gasteiger partial charge >= 0.3 is 5.97 Å². The van der Waals surface area contributed by atoms with Gasteiger partial charge in [-0.3, -0.25) is 4.79 Å². The van der Waals surface area contributed by atoms with Crippen molar-refractivity contribution in [2.45, 2.75) is 0 Å². The summed E-state index contributed by atoms with van der Waals surface area (Å²) in [5, 5.41) is 1.03. The molecule has 1 fully saturated rings. The lowest BCUT2D eigenvalue weighted by atomic mass is 10.1. The van der Waals surface area contributed by atoms with E-state index in [4.69, 9.17) is 21.3 Å². The molecule has 8 heteroatoms. The first-order chi connectivity index (χ1) is 14.0. The Morgan fingerprint density at radius 1 is 1.07 bits per heavy atom. The van der Waals surface area contributed by atoms with Crippen LogP contribution in [-0.4, -0.2) is 60.8 Å². The van der Waals surface area contributed by atoms with Crippen molar-refractivity contribution in [1.82, 2.24) is 14.5 Å². The number of hydrogen-bond acceptors (Lipinski definition) is 6. The Morgan fingerprint density at radius 2 is 1.76 bits per heavy atom. The molecule has 4 rings (SSSR count). The van der Waals surface area contributed by atoms with Gasteiger partial charge in [-0.15, -0.1) is 0 Å². The summed E-state index contributed by atoms with van der Waals surface area (Å²) in [5.41, 5.74) is 1.33. The van der Waals surface area contributed by atoms with Gasteiger partial charge in [-0.05, 0) is 49.5 Å². The van der Waals surface area contributed by atoms with E-state index in [1.54, 1.807) is 47.0 Å². The maximum atomic E-state index is 13.4. The fourth-order valence-corrected chi connectivity index (χ4v) is 3.59. The molecule has 0 radical (unpaired) electrons. The zero-order valence-corrected chi connectivity index (χ0v) is 17.0. The largest absolute Gasteiger partial charge is 0.465 e. The van der Waals surface area contributed by atoms with E-state index in [2.05, 4.69) is 16.8 Å². The first-order valence-corrected chi connectivity index (χ1v) is 9.70. The van der Waals surface area contributed by atoms with Crippen LogP contribution in [0.15, 0.2) is 47.3 Å². The number of methoxy groups -OCH3 is 1. The smallest absolute Gasteiger partial charge is 0.337 e. The molecule has 2 heterocycles. The van der Waals surface area contributed by atoms with Crippen LogP contribution in [0.1, 0.15) is 10.4 Å². The van der Waals surface area contributed by atoms with E-state index in [-0.39, 0.29) is 5.56 Å². The molecule has 0 unspecified atom stereocenters. The lowest BCUT2D eigenvalue weighted by Gasteiger charge is -2.34. The number of rotatable bonds is 3. The van der Waals surface area contributed by atoms with Gasteiger partial charge in [0.15, 0.2) is 0 Å². The minimum absolute atomic E-state index is 0.192. The number of likely N-dealkylation sites (N-methyl/N-ethyl adjacent to an activating group) is 1. The van der Waals surface area contributed by atoms with Gasteiger partial charge in [-0.25, -0.2) is 14.3 Å². The van der Waals surface area contributed by atoms with Crippen molar-refractivity contribution in [2.75, 3.05) is 45.2 Å². The zero-order chi connectivity index (χ0) is 20.5. The molecular weight excluding hydrogens is 392 g/mol. The molecule has 0 amide bonds. The van der Waals surface area contributed by atoms with Gasteiger partial charge in [0, 0.05) is 31.2 Å². The van der Waals surface area contributed by atoms with Gasteiger partial charge in [0.1, 0.15) is 0 Å². The standard InChI is InChI=1S/C21H21ClN4O3/c1-24-9-11-25(12-10-24)21-23-18-13-14(20(28)29-2)3-8-17(18)19(27)26(21)16-6-4-15(22)5-7-16/h3-8,13H,9-12H2,1-2H3. The number of halogens is 1. The molecule has 150 valence electrons. The number of benzene rings is 2. The number of carbonyl (C=O) groups is 1. The van der Waals surface area contributed by atoms with Crippen molar-refractivity contribution in [3.05, 3.63) is 63.4 Å². The van der Waals surface area contributed by atoms with Crippen molar-refractivity contribution in [1.29, 1.82) is 0 Å². The van der Waals surface area contributed by atoms with E-state index < -0.39 is 5.97 Å². The topological polar surface area (TPSA) is 67.7 Å². The number of ether oxygens (including phenoxy) is 1.